The third-order valence-corrected chi connectivity index (χ3v) is 3.14. The summed E-state index contributed by atoms with van der Waals surface area (Å²) in [5, 5.41) is 3.44. The molecule has 0 aliphatic heterocycles. The Labute approximate surface area is 112 Å². The summed E-state index contributed by atoms with van der Waals surface area (Å²) in [6.45, 7) is 11.7. The molecule has 0 amide bonds. The molecular weight excluding hydrogens is 230 g/mol. The van der Waals surface area contributed by atoms with Gasteiger partial charge in [-0.2, -0.15) is 0 Å². The summed E-state index contributed by atoms with van der Waals surface area (Å²) in [5.41, 5.74) is 0.296. The molecule has 1 unspecified atom stereocenters. The summed E-state index contributed by atoms with van der Waals surface area (Å²) in [6.07, 6.45) is 1.08. The molecule has 0 aromatic carbocycles. The normalized spacial score (nSPS) is 13.8. The highest BCUT2D eigenvalue weighted by Crippen LogP contribution is 2.28. The Kier molecular flexibility index (Phi) is 10.6. The fraction of sp³-hybridized carbons (Fsp3) is 1.00. The standard InChI is InChI=1S/C14H31NO3/c1-14(2,3)13(12-15-7-9-16-4)6-8-18-11-10-17-5/h13,15H,6-12H2,1-5H3. The van der Waals surface area contributed by atoms with Crippen LogP contribution < -0.4 is 5.32 Å². The monoisotopic (exact) mass is 261 g/mol. The zero-order valence-electron chi connectivity index (χ0n) is 12.8. The molecule has 110 valence electrons. The van der Waals surface area contributed by atoms with E-state index in [2.05, 4.69) is 26.1 Å². The highest BCUT2D eigenvalue weighted by Gasteiger charge is 2.23. The molecule has 0 saturated carbocycles. The minimum absolute atomic E-state index is 0.296. The van der Waals surface area contributed by atoms with Gasteiger partial charge in [0.05, 0.1) is 19.8 Å². The lowest BCUT2D eigenvalue weighted by atomic mass is 9.79. The predicted molar refractivity (Wildman–Crippen MR) is 75.0 cm³/mol. The summed E-state index contributed by atoms with van der Waals surface area (Å²) in [5.74, 6) is 0.608. The molecule has 4 nitrogen and oxygen atoms in total. The first-order valence-electron chi connectivity index (χ1n) is 6.78. The van der Waals surface area contributed by atoms with Crippen molar-refractivity contribution in [3.8, 4) is 0 Å². The van der Waals surface area contributed by atoms with Crippen molar-refractivity contribution in [2.75, 3.05) is 53.7 Å². The van der Waals surface area contributed by atoms with E-state index in [4.69, 9.17) is 14.2 Å². The molecule has 0 aromatic heterocycles. The zero-order chi connectivity index (χ0) is 13.9. The van der Waals surface area contributed by atoms with Gasteiger partial charge in [0.2, 0.25) is 0 Å². The van der Waals surface area contributed by atoms with Crippen LogP contribution >= 0.6 is 0 Å². The Bertz CT molecular complexity index is 180. The van der Waals surface area contributed by atoms with Crippen molar-refractivity contribution in [3.05, 3.63) is 0 Å². The average Bonchev–Trinajstić information content (AvgIpc) is 2.30. The number of methoxy groups -OCH3 is 2. The summed E-state index contributed by atoms with van der Waals surface area (Å²) in [4.78, 5) is 0. The van der Waals surface area contributed by atoms with E-state index < -0.39 is 0 Å². The third-order valence-electron chi connectivity index (χ3n) is 3.14. The molecule has 0 rings (SSSR count). The molecule has 1 N–H and O–H groups in total. The van der Waals surface area contributed by atoms with Crippen LogP contribution in [0, 0.1) is 11.3 Å². The fourth-order valence-corrected chi connectivity index (χ4v) is 1.76. The second kappa shape index (κ2) is 10.7. The Hall–Kier alpha value is -0.160. The number of ether oxygens (including phenoxy) is 3. The minimum Gasteiger partial charge on any atom is -0.383 e. The molecule has 0 aliphatic rings. The topological polar surface area (TPSA) is 39.7 Å². The predicted octanol–water partition coefficient (Wildman–Crippen LogP) is 1.94. The van der Waals surface area contributed by atoms with Crippen LogP contribution in [0.2, 0.25) is 0 Å². The van der Waals surface area contributed by atoms with Gasteiger partial charge in [0.25, 0.3) is 0 Å². The summed E-state index contributed by atoms with van der Waals surface area (Å²) < 4.78 is 15.5. The van der Waals surface area contributed by atoms with E-state index in [9.17, 15) is 0 Å². The number of nitrogens with one attached hydrogen (secondary N) is 1. The van der Waals surface area contributed by atoms with Crippen molar-refractivity contribution < 1.29 is 14.2 Å². The molecule has 0 aliphatic carbocycles. The van der Waals surface area contributed by atoms with Gasteiger partial charge in [0.15, 0.2) is 0 Å². The Morgan fingerprint density at radius 3 is 2.17 bits per heavy atom. The number of hydrogen-bond acceptors (Lipinski definition) is 4. The van der Waals surface area contributed by atoms with Crippen LogP contribution in [0.5, 0.6) is 0 Å². The van der Waals surface area contributed by atoms with E-state index in [0.29, 0.717) is 24.5 Å². The van der Waals surface area contributed by atoms with Crippen molar-refractivity contribution in [1.29, 1.82) is 0 Å². The van der Waals surface area contributed by atoms with E-state index in [0.717, 1.165) is 32.7 Å². The largest absolute Gasteiger partial charge is 0.383 e. The molecule has 0 saturated heterocycles. The van der Waals surface area contributed by atoms with Gasteiger partial charge >= 0.3 is 0 Å². The van der Waals surface area contributed by atoms with Gasteiger partial charge in [0, 0.05) is 27.4 Å². The Morgan fingerprint density at radius 2 is 1.61 bits per heavy atom. The molecule has 4 heteroatoms. The summed E-state index contributed by atoms with van der Waals surface area (Å²) in [7, 11) is 3.42. The zero-order valence-corrected chi connectivity index (χ0v) is 12.8. The van der Waals surface area contributed by atoms with Gasteiger partial charge in [-0.3, -0.25) is 0 Å². The molecule has 0 spiro atoms. The highest BCUT2D eigenvalue weighted by atomic mass is 16.5. The molecule has 0 bridgehead atoms. The van der Waals surface area contributed by atoms with E-state index in [1.807, 2.05) is 0 Å². The van der Waals surface area contributed by atoms with Gasteiger partial charge < -0.3 is 19.5 Å². The maximum atomic E-state index is 5.55. The van der Waals surface area contributed by atoms with E-state index >= 15 is 0 Å². The van der Waals surface area contributed by atoms with Crippen molar-refractivity contribution in [2.45, 2.75) is 27.2 Å². The first-order chi connectivity index (χ1) is 8.52. The van der Waals surface area contributed by atoms with E-state index in [1.165, 1.54) is 0 Å². The first-order valence-corrected chi connectivity index (χ1v) is 6.78. The second-order valence-electron chi connectivity index (χ2n) is 5.65. The molecule has 18 heavy (non-hydrogen) atoms. The molecule has 0 aromatic rings. The third kappa shape index (κ3) is 9.83. The van der Waals surface area contributed by atoms with Crippen molar-refractivity contribution in [2.24, 2.45) is 11.3 Å². The van der Waals surface area contributed by atoms with Crippen molar-refractivity contribution in [3.63, 3.8) is 0 Å². The van der Waals surface area contributed by atoms with Gasteiger partial charge in [-0.25, -0.2) is 0 Å². The van der Waals surface area contributed by atoms with Crippen LogP contribution in [0.15, 0.2) is 0 Å². The van der Waals surface area contributed by atoms with Crippen LogP contribution in [0.3, 0.4) is 0 Å². The number of rotatable bonds is 11. The first kappa shape index (κ1) is 17.8. The van der Waals surface area contributed by atoms with Crippen LogP contribution in [-0.4, -0.2) is 53.7 Å². The van der Waals surface area contributed by atoms with Gasteiger partial charge in [-0.15, -0.1) is 0 Å². The SMILES string of the molecule is COCCNCC(CCOCCOC)C(C)(C)C. The lowest BCUT2D eigenvalue weighted by molar-refractivity contribution is 0.0537. The van der Waals surface area contributed by atoms with Crippen molar-refractivity contribution in [1.82, 2.24) is 5.32 Å². The summed E-state index contributed by atoms with van der Waals surface area (Å²) >= 11 is 0. The lowest BCUT2D eigenvalue weighted by Crippen LogP contribution is -2.34. The van der Waals surface area contributed by atoms with Crippen LogP contribution in [0.4, 0.5) is 0 Å². The highest BCUT2D eigenvalue weighted by molar-refractivity contribution is 4.76. The van der Waals surface area contributed by atoms with Gasteiger partial charge in [-0.1, -0.05) is 20.8 Å². The smallest absolute Gasteiger partial charge is 0.0700 e. The van der Waals surface area contributed by atoms with Gasteiger partial charge in [0.1, 0.15) is 0 Å². The molecule has 1 atom stereocenters. The summed E-state index contributed by atoms with van der Waals surface area (Å²) in [6, 6.07) is 0. The van der Waals surface area contributed by atoms with Crippen LogP contribution in [-0.2, 0) is 14.2 Å². The van der Waals surface area contributed by atoms with Gasteiger partial charge in [-0.05, 0) is 24.3 Å². The van der Waals surface area contributed by atoms with E-state index in [-0.39, 0.29) is 0 Å². The quantitative estimate of drug-likeness (QED) is 0.577. The Balaban J connectivity index is 3.79. The molecule has 0 fully saturated rings. The number of hydrogen-bond donors (Lipinski definition) is 1. The Morgan fingerprint density at radius 1 is 0.944 bits per heavy atom. The van der Waals surface area contributed by atoms with Crippen molar-refractivity contribution >= 4 is 0 Å². The lowest BCUT2D eigenvalue weighted by Gasteiger charge is -2.31. The fourth-order valence-electron chi connectivity index (χ4n) is 1.76. The van der Waals surface area contributed by atoms with E-state index in [1.54, 1.807) is 14.2 Å². The molecule has 0 heterocycles. The average molecular weight is 261 g/mol. The molecule has 0 radical (unpaired) electrons. The minimum atomic E-state index is 0.296. The maximum Gasteiger partial charge on any atom is 0.0700 e. The van der Waals surface area contributed by atoms with Crippen LogP contribution in [0.25, 0.3) is 0 Å². The molecular formula is C14H31NO3. The maximum absolute atomic E-state index is 5.55. The van der Waals surface area contributed by atoms with Crippen LogP contribution in [0.1, 0.15) is 27.2 Å². The second-order valence-corrected chi connectivity index (χ2v) is 5.65.